The molecule has 0 spiro atoms. The lowest BCUT2D eigenvalue weighted by atomic mass is 10.2. The maximum absolute atomic E-state index is 11.6. The van der Waals surface area contributed by atoms with Crippen molar-refractivity contribution in [1.82, 2.24) is 10.6 Å². The van der Waals surface area contributed by atoms with Gasteiger partial charge in [0.1, 0.15) is 0 Å². The summed E-state index contributed by atoms with van der Waals surface area (Å²) in [7, 11) is 0. The molecule has 1 heterocycles. The number of ether oxygens (including phenoxy) is 1. The zero-order chi connectivity index (χ0) is 18.1. The van der Waals surface area contributed by atoms with Crippen LogP contribution in [0.25, 0.3) is 0 Å². The highest BCUT2D eigenvalue weighted by molar-refractivity contribution is 6.30. The van der Waals surface area contributed by atoms with Gasteiger partial charge in [-0.1, -0.05) is 23.7 Å². The number of hydrogen-bond acceptors (Lipinski definition) is 5. The number of halogens is 1. The van der Waals surface area contributed by atoms with E-state index in [0.29, 0.717) is 11.6 Å². The van der Waals surface area contributed by atoms with Crippen LogP contribution >= 0.6 is 11.6 Å². The first kappa shape index (κ1) is 18.5. The average Bonchev–Trinajstić information content (AvgIpc) is 3.14. The number of furan rings is 1. The van der Waals surface area contributed by atoms with Crippen LogP contribution in [0.5, 0.6) is 0 Å². The van der Waals surface area contributed by atoms with E-state index in [-0.39, 0.29) is 25.3 Å². The molecule has 0 aliphatic heterocycles. The topological polar surface area (TPSA) is 97.6 Å². The highest BCUT2D eigenvalue weighted by atomic mass is 35.5. The molecule has 0 fully saturated rings. The molecular weight excluding hydrogens is 348 g/mol. The number of benzene rings is 1. The second-order valence-electron chi connectivity index (χ2n) is 5.05. The van der Waals surface area contributed by atoms with Gasteiger partial charge in [0.2, 0.25) is 0 Å². The van der Waals surface area contributed by atoms with Gasteiger partial charge in [-0.2, -0.15) is 0 Å². The van der Waals surface area contributed by atoms with E-state index in [9.17, 15) is 14.4 Å². The monoisotopic (exact) mass is 364 g/mol. The summed E-state index contributed by atoms with van der Waals surface area (Å²) >= 11 is 5.77. The molecule has 0 atom stereocenters. The van der Waals surface area contributed by atoms with Crippen molar-refractivity contribution in [2.45, 2.75) is 13.0 Å². The van der Waals surface area contributed by atoms with E-state index in [1.807, 2.05) is 0 Å². The summed E-state index contributed by atoms with van der Waals surface area (Å²) in [6.45, 7) is 0.0239. The largest absolute Gasteiger partial charge is 0.459 e. The van der Waals surface area contributed by atoms with Gasteiger partial charge >= 0.3 is 5.97 Å². The molecule has 0 saturated heterocycles. The Bertz CT molecular complexity index is 713. The zero-order valence-corrected chi connectivity index (χ0v) is 14.0. The Morgan fingerprint density at radius 3 is 2.52 bits per heavy atom. The van der Waals surface area contributed by atoms with Gasteiger partial charge in [-0.25, -0.2) is 0 Å². The molecule has 2 aromatic rings. The molecule has 0 saturated carbocycles. The molecule has 0 bridgehead atoms. The molecule has 2 N–H and O–H groups in total. The maximum atomic E-state index is 11.6. The minimum Gasteiger partial charge on any atom is -0.459 e. The summed E-state index contributed by atoms with van der Waals surface area (Å²) in [5.41, 5.74) is 0.879. The van der Waals surface area contributed by atoms with Crippen LogP contribution in [0.15, 0.2) is 47.1 Å². The van der Waals surface area contributed by atoms with E-state index in [0.717, 1.165) is 5.56 Å². The third-order valence-electron chi connectivity index (χ3n) is 3.13. The lowest BCUT2D eigenvalue weighted by Crippen LogP contribution is -2.30. The maximum Gasteiger partial charge on any atom is 0.308 e. The number of carbonyl (C=O) groups is 3. The first-order valence-electron chi connectivity index (χ1n) is 7.53. The Hall–Kier alpha value is -2.80. The lowest BCUT2D eigenvalue weighted by molar-refractivity contribution is -0.148. The molecule has 1 aromatic heterocycles. The predicted molar refractivity (Wildman–Crippen MR) is 89.9 cm³/mol. The van der Waals surface area contributed by atoms with Crippen LogP contribution < -0.4 is 10.6 Å². The fourth-order valence-corrected chi connectivity index (χ4v) is 1.97. The van der Waals surface area contributed by atoms with Gasteiger partial charge in [0.05, 0.1) is 12.7 Å². The highest BCUT2D eigenvalue weighted by Gasteiger charge is 2.10. The number of hydrogen-bond donors (Lipinski definition) is 2. The molecule has 0 radical (unpaired) electrons. The molecule has 8 heteroatoms. The Morgan fingerprint density at radius 2 is 1.84 bits per heavy atom. The van der Waals surface area contributed by atoms with Crippen molar-refractivity contribution in [3.8, 4) is 0 Å². The Kier molecular flexibility index (Phi) is 7.03. The summed E-state index contributed by atoms with van der Waals surface area (Å²) in [4.78, 5) is 34.7. The van der Waals surface area contributed by atoms with E-state index in [4.69, 9.17) is 20.8 Å². The van der Waals surface area contributed by atoms with E-state index < -0.39 is 17.8 Å². The first-order chi connectivity index (χ1) is 12.0. The van der Waals surface area contributed by atoms with Gasteiger partial charge in [-0.3, -0.25) is 14.4 Å². The number of carbonyl (C=O) groups excluding carboxylic acids is 3. The molecule has 0 aliphatic rings. The van der Waals surface area contributed by atoms with Crippen LogP contribution in [0.4, 0.5) is 0 Å². The van der Waals surface area contributed by atoms with Gasteiger partial charge < -0.3 is 19.8 Å². The number of esters is 1. The number of rotatable bonds is 8. The molecule has 7 nitrogen and oxygen atoms in total. The van der Waals surface area contributed by atoms with E-state index >= 15 is 0 Å². The van der Waals surface area contributed by atoms with Crippen molar-refractivity contribution in [1.29, 1.82) is 0 Å². The van der Waals surface area contributed by atoms with Gasteiger partial charge in [-0.05, 0) is 29.8 Å². The molecule has 25 heavy (non-hydrogen) atoms. The minimum absolute atomic E-state index is 0.0447. The van der Waals surface area contributed by atoms with Crippen molar-refractivity contribution >= 4 is 29.4 Å². The molecule has 2 rings (SSSR count). The molecule has 0 unspecified atom stereocenters. The highest BCUT2D eigenvalue weighted by Crippen LogP contribution is 2.09. The molecule has 2 amide bonds. The van der Waals surface area contributed by atoms with Crippen LogP contribution in [0.3, 0.4) is 0 Å². The molecule has 0 aliphatic carbocycles. The molecular formula is C17H17ClN2O5. The Balaban J connectivity index is 1.58. The summed E-state index contributed by atoms with van der Waals surface area (Å²) in [6, 6.07) is 10.1. The van der Waals surface area contributed by atoms with Crippen molar-refractivity contribution < 1.29 is 23.5 Å². The third kappa shape index (κ3) is 6.68. The van der Waals surface area contributed by atoms with Crippen LogP contribution in [0.2, 0.25) is 5.02 Å². The zero-order valence-electron chi connectivity index (χ0n) is 13.3. The predicted octanol–water partition coefficient (Wildman–Crippen LogP) is 1.91. The van der Waals surface area contributed by atoms with E-state index in [2.05, 4.69) is 10.6 Å². The van der Waals surface area contributed by atoms with Gasteiger partial charge in [0.15, 0.2) is 12.4 Å². The fourth-order valence-electron chi connectivity index (χ4n) is 1.85. The smallest absolute Gasteiger partial charge is 0.308 e. The third-order valence-corrected chi connectivity index (χ3v) is 3.38. The SMILES string of the molecule is O=C(COC(=O)CCNC(=O)c1ccco1)NCc1ccc(Cl)cc1. The lowest BCUT2D eigenvalue weighted by Gasteiger charge is -2.07. The van der Waals surface area contributed by atoms with Crippen LogP contribution in [0.1, 0.15) is 22.5 Å². The summed E-state index contributed by atoms with van der Waals surface area (Å²) in [5, 5.41) is 5.75. The van der Waals surface area contributed by atoms with Gasteiger partial charge in [-0.15, -0.1) is 0 Å². The van der Waals surface area contributed by atoms with Crippen LogP contribution in [-0.4, -0.2) is 30.9 Å². The minimum atomic E-state index is -0.582. The number of amides is 2. The first-order valence-corrected chi connectivity index (χ1v) is 7.91. The van der Waals surface area contributed by atoms with Crippen molar-refractivity contribution in [3.05, 3.63) is 59.0 Å². The fraction of sp³-hybridized carbons (Fsp3) is 0.235. The number of nitrogens with one attached hydrogen (secondary N) is 2. The summed E-state index contributed by atoms with van der Waals surface area (Å²) < 4.78 is 9.75. The van der Waals surface area contributed by atoms with E-state index in [1.165, 1.54) is 12.3 Å². The van der Waals surface area contributed by atoms with Crippen molar-refractivity contribution in [3.63, 3.8) is 0 Å². The second-order valence-corrected chi connectivity index (χ2v) is 5.48. The van der Waals surface area contributed by atoms with Crippen LogP contribution in [-0.2, 0) is 20.9 Å². The van der Waals surface area contributed by atoms with Crippen molar-refractivity contribution in [2.75, 3.05) is 13.2 Å². The Morgan fingerprint density at radius 1 is 1.08 bits per heavy atom. The Labute approximate surface area is 149 Å². The normalized spacial score (nSPS) is 10.1. The second kappa shape index (κ2) is 9.48. The van der Waals surface area contributed by atoms with Gasteiger partial charge in [0, 0.05) is 18.1 Å². The standard InChI is InChI=1S/C17H17ClN2O5/c18-13-5-3-12(4-6-13)10-20-15(21)11-25-16(22)7-8-19-17(23)14-2-1-9-24-14/h1-6,9H,7-8,10-11H2,(H,19,23)(H,20,21). The molecule has 1 aromatic carbocycles. The van der Waals surface area contributed by atoms with Crippen molar-refractivity contribution in [2.24, 2.45) is 0 Å². The average molecular weight is 365 g/mol. The van der Waals surface area contributed by atoms with Gasteiger partial charge in [0.25, 0.3) is 11.8 Å². The quantitative estimate of drug-likeness (QED) is 0.697. The van der Waals surface area contributed by atoms with E-state index in [1.54, 1.807) is 30.3 Å². The summed E-state index contributed by atoms with van der Waals surface area (Å²) in [6.07, 6.45) is 1.34. The van der Waals surface area contributed by atoms with Crippen LogP contribution in [0, 0.1) is 0 Å². The molecule has 132 valence electrons. The summed E-state index contributed by atoms with van der Waals surface area (Å²) in [5.74, 6) is -1.25.